The van der Waals surface area contributed by atoms with E-state index in [0.717, 1.165) is 44.5 Å². The molecule has 8 amide bonds. The number of nitrogens with two attached hydrogens (primary N) is 4. The number of carbonyl (C=O) groups excluding carboxylic acids is 5. The summed E-state index contributed by atoms with van der Waals surface area (Å²) in [6.45, 7) is 4.44. The van der Waals surface area contributed by atoms with E-state index < -0.39 is 110 Å². The zero-order valence-electron chi connectivity index (χ0n) is 37.9. The Hall–Kier alpha value is -5.74. The van der Waals surface area contributed by atoms with Gasteiger partial charge in [-0.2, -0.15) is 0 Å². The van der Waals surface area contributed by atoms with Crippen LogP contribution >= 0.6 is 0 Å². The highest BCUT2D eigenvalue weighted by atomic mass is 16.7. The number of nitrogens with one attached hydrogen (secondary N) is 8. The van der Waals surface area contributed by atoms with E-state index in [0.29, 0.717) is 18.3 Å². The molecule has 0 bridgehead atoms. The van der Waals surface area contributed by atoms with Crippen molar-refractivity contribution in [2.45, 2.75) is 137 Å². The van der Waals surface area contributed by atoms with Gasteiger partial charge in [0.25, 0.3) is 0 Å². The van der Waals surface area contributed by atoms with Crippen LogP contribution in [-0.4, -0.2) is 171 Å². The summed E-state index contributed by atoms with van der Waals surface area (Å²) in [5.74, 6) is -0.286. The molecule has 68 heavy (non-hydrogen) atoms. The second-order valence-corrected chi connectivity index (χ2v) is 17.2. The third kappa shape index (κ3) is 14.9. The molecule has 1 aromatic rings. The van der Waals surface area contributed by atoms with Crippen molar-refractivity contribution >= 4 is 42.1 Å². The van der Waals surface area contributed by atoms with Gasteiger partial charge in [-0.1, -0.05) is 25.0 Å². The molecule has 26 heteroatoms. The number of benzene rings is 1. The number of primary amides is 2. The van der Waals surface area contributed by atoms with Crippen molar-refractivity contribution in [1.29, 1.82) is 0 Å². The first-order chi connectivity index (χ1) is 32.6. The van der Waals surface area contributed by atoms with Gasteiger partial charge >= 0.3 is 24.2 Å². The van der Waals surface area contributed by atoms with Crippen LogP contribution < -0.4 is 70.2 Å². The number of aliphatic imine (C=N–C) groups is 1. The number of hydrogen-bond acceptors (Lipinski definition) is 16. The second kappa shape index (κ2) is 25.0. The van der Waals surface area contributed by atoms with Gasteiger partial charge in [0, 0.05) is 18.7 Å². The predicted molar refractivity (Wildman–Crippen MR) is 242 cm³/mol. The second-order valence-electron chi connectivity index (χ2n) is 17.2. The predicted octanol–water partition coefficient (Wildman–Crippen LogP) is -3.09. The van der Waals surface area contributed by atoms with E-state index in [1.165, 1.54) is 31.8 Å². The highest BCUT2D eigenvalue weighted by Crippen LogP contribution is 2.29. The Kier molecular flexibility index (Phi) is 19.0. The SMILES string of the molecule is C[C@H]1O[C@H](Oc2ccc(/C=C/C(=O)NCCCNCCCCNC3CCCC3)cc2)[C@H](N=C(N)N)[C@@H](O)[C@@H]1NC(=O)N[C@H]1OC[C@@H](O[C@@H]2OC[C@H]3OC(=O)N[C@@H]3[C@H]2NC(N)=O)[C@H](O)[C@H]1NC(N)=O. The molecule has 4 heterocycles. The van der Waals surface area contributed by atoms with Gasteiger partial charge in [0.15, 0.2) is 18.5 Å². The van der Waals surface area contributed by atoms with Crippen LogP contribution in [0.5, 0.6) is 5.75 Å². The molecule has 0 aromatic heterocycles. The molecule has 6 rings (SSSR count). The standard InChI is InChI=1S/C42H67N13O13/c1-21-28(53-41(61)55-35-31(52-40(46)60)33(57)26(20-63-35)67-36-30(51-39(45)59)29-25(19-64-36)68-42(62)54-29)34(58)32(50-38(43)44)37(65-21)66-24-12-9-22(10-13-24)11-14-27(56)49-18-6-16-47-15-4-5-17-48-23-7-2-3-8-23/h9-14,21,23,25-26,28-37,47-48,57-58H,2-8,15-20H2,1H3,(H,49,56)(H,54,62)(H4,43,44,50)(H3,45,51,59)(H3,46,52,60)(H2,53,55,61)/b14-11+/t21-,25-,26-,28-,29+,30-,31-,32-,33+,34+,35+,36+,37-/m1/s1. The van der Waals surface area contributed by atoms with Crippen molar-refractivity contribution in [3.05, 3.63) is 35.9 Å². The number of guanidine groups is 1. The summed E-state index contributed by atoms with van der Waals surface area (Å²) in [6, 6.07) is -1.18. The van der Waals surface area contributed by atoms with E-state index in [2.05, 4.69) is 47.5 Å². The van der Waals surface area contributed by atoms with Crippen molar-refractivity contribution in [3.8, 4) is 5.75 Å². The number of fused-ring (bicyclic) bond motifs is 1. The molecule has 5 fully saturated rings. The van der Waals surface area contributed by atoms with Crippen molar-refractivity contribution in [1.82, 2.24) is 42.5 Å². The number of unbranched alkanes of at least 4 members (excludes halogenated alkanes) is 1. The van der Waals surface area contributed by atoms with E-state index in [1.807, 2.05) is 0 Å². The molecule has 26 nitrogen and oxygen atoms in total. The van der Waals surface area contributed by atoms with Gasteiger partial charge in [-0.05, 0) is 82.4 Å². The molecule has 1 aromatic carbocycles. The number of alkyl carbamates (subject to hydrolysis) is 1. The summed E-state index contributed by atoms with van der Waals surface area (Å²) in [4.78, 5) is 65.8. The zero-order valence-corrected chi connectivity index (χ0v) is 37.9. The summed E-state index contributed by atoms with van der Waals surface area (Å²) in [5.41, 5.74) is 22.9. The number of ether oxygens (including phenoxy) is 6. The lowest BCUT2D eigenvalue weighted by Gasteiger charge is -2.44. The van der Waals surface area contributed by atoms with Crippen LogP contribution in [-0.2, 0) is 28.5 Å². The van der Waals surface area contributed by atoms with Crippen LogP contribution in [0.1, 0.15) is 57.4 Å². The molecule has 5 aliphatic rings. The van der Waals surface area contributed by atoms with Crippen molar-refractivity contribution in [2.24, 2.45) is 27.9 Å². The van der Waals surface area contributed by atoms with Gasteiger partial charge < -0.3 is 104 Å². The Bertz CT molecular complexity index is 1910. The third-order valence-corrected chi connectivity index (χ3v) is 12.2. The van der Waals surface area contributed by atoms with Gasteiger partial charge in [-0.15, -0.1) is 0 Å². The minimum atomic E-state index is -1.60. The highest BCUT2D eigenvalue weighted by molar-refractivity contribution is 5.91. The number of aliphatic hydroxyl groups excluding tert-OH is 2. The summed E-state index contributed by atoms with van der Waals surface area (Å²) in [7, 11) is 0. The van der Waals surface area contributed by atoms with E-state index in [1.54, 1.807) is 37.3 Å². The minimum absolute atomic E-state index is 0.126. The van der Waals surface area contributed by atoms with Crippen LogP contribution in [0.3, 0.4) is 0 Å². The van der Waals surface area contributed by atoms with Gasteiger partial charge in [-0.3, -0.25) is 4.79 Å². The lowest BCUT2D eigenvalue weighted by atomic mass is 9.95. The number of rotatable bonds is 21. The molecule has 0 unspecified atom stereocenters. The third-order valence-electron chi connectivity index (χ3n) is 12.2. The fourth-order valence-corrected chi connectivity index (χ4v) is 8.74. The van der Waals surface area contributed by atoms with Gasteiger partial charge in [-0.25, -0.2) is 24.2 Å². The maximum Gasteiger partial charge on any atom is 0.407 e. The summed E-state index contributed by atoms with van der Waals surface area (Å²) in [6.07, 6.45) is 0.785. The number of hydrogen-bond donors (Lipinski definition) is 14. The Morgan fingerprint density at radius 1 is 0.838 bits per heavy atom. The molecule has 0 radical (unpaired) electrons. The van der Waals surface area contributed by atoms with Crippen LogP contribution in [0.25, 0.3) is 6.08 Å². The van der Waals surface area contributed by atoms with Crippen LogP contribution in [0.4, 0.5) is 19.2 Å². The monoisotopic (exact) mass is 961 g/mol. The van der Waals surface area contributed by atoms with Crippen molar-refractivity contribution in [3.63, 3.8) is 0 Å². The van der Waals surface area contributed by atoms with Gasteiger partial charge in [0.2, 0.25) is 12.2 Å². The summed E-state index contributed by atoms with van der Waals surface area (Å²) < 4.78 is 34.7. The minimum Gasteiger partial charge on any atom is -0.462 e. The van der Waals surface area contributed by atoms with Gasteiger partial charge in [0.05, 0.1) is 31.4 Å². The number of urea groups is 3. The smallest absolute Gasteiger partial charge is 0.407 e. The molecule has 378 valence electrons. The molecule has 0 spiro atoms. The van der Waals surface area contributed by atoms with E-state index in [4.69, 9.17) is 51.4 Å². The fraction of sp³-hybridized carbons (Fsp3) is 0.667. The quantitative estimate of drug-likeness (QED) is 0.0251. The number of nitrogens with zero attached hydrogens (tertiary/aromatic N) is 1. The van der Waals surface area contributed by atoms with E-state index in [-0.39, 0.29) is 19.1 Å². The van der Waals surface area contributed by atoms with Crippen LogP contribution in [0.15, 0.2) is 35.3 Å². The fourth-order valence-electron chi connectivity index (χ4n) is 8.74. The zero-order chi connectivity index (χ0) is 48.7. The van der Waals surface area contributed by atoms with E-state index in [9.17, 15) is 34.2 Å². The van der Waals surface area contributed by atoms with Crippen LogP contribution in [0.2, 0.25) is 0 Å². The molecule has 4 aliphatic heterocycles. The first-order valence-electron chi connectivity index (χ1n) is 23.0. The molecule has 18 N–H and O–H groups in total. The molecule has 1 aliphatic carbocycles. The number of carbonyl (C=O) groups is 5. The molecular weight excluding hydrogens is 895 g/mol. The molecule has 13 atom stereocenters. The first-order valence-corrected chi connectivity index (χ1v) is 23.0. The topological polar surface area (TPSA) is 394 Å². The maximum absolute atomic E-state index is 13.5. The highest BCUT2D eigenvalue weighted by Gasteiger charge is 2.51. The van der Waals surface area contributed by atoms with Gasteiger partial charge in [0.1, 0.15) is 48.3 Å². The molecule has 1 saturated carbocycles. The van der Waals surface area contributed by atoms with Crippen molar-refractivity contribution < 1.29 is 62.6 Å². The Morgan fingerprint density at radius 2 is 1.54 bits per heavy atom. The van der Waals surface area contributed by atoms with E-state index >= 15 is 0 Å². The molecule has 4 saturated heterocycles. The lowest BCUT2D eigenvalue weighted by molar-refractivity contribution is -0.260. The largest absolute Gasteiger partial charge is 0.462 e. The lowest BCUT2D eigenvalue weighted by Crippen LogP contribution is -2.70. The Morgan fingerprint density at radius 3 is 2.26 bits per heavy atom. The number of aliphatic hydroxyl groups is 2. The average Bonchev–Trinajstić information content (AvgIpc) is 3.96. The maximum atomic E-state index is 13.5. The Balaban J connectivity index is 0.956. The first kappa shape index (κ1) is 51.6. The normalized spacial score (nSPS) is 31.4. The average molecular weight is 962 g/mol. The molecular formula is C42H67N13O13. The van der Waals surface area contributed by atoms with Crippen molar-refractivity contribution in [2.75, 3.05) is 39.4 Å². The number of amides is 8. The Labute approximate surface area is 393 Å². The summed E-state index contributed by atoms with van der Waals surface area (Å²) >= 11 is 0. The van der Waals surface area contributed by atoms with Crippen LogP contribution in [0, 0.1) is 0 Å². The summed E-state index contributed by atoms with van der Waals surface area (Å²) in [5, 5.41) is 45.3.